The Morgan fingerprint density at radius 2 is 1.72 bits per heavy atom. The molecule has 1 heterocycles. The monoisotopic (exact) mass is 420 g/mol. The molecule has 2 rings (SSSR count). The van der Waals surface area contributed by atoms with Gasteiger partial charge in [-0.25, -0.2) is 13.1 Å². The minimum Gasteiger partial charge on any atom is -0.344 e. The van der Waals surface area contributed by atoms with Gasteiger partial charge in [0.25, 0.3) is 11.5 Å². The number of aromatic nitrogens is 2. The van der Waals surface area contributed by atoms with Gasteiger partial charge >= 0.3 is 0 Å². The maximum Gasteiger partial charge on any atom is 0.272 e. The standard InChI is InChI=1S/C20H28N4O4S/c1-5-14-24-19(25)13-12-18(22-24)20(26)21-15(4)16-8-10-17(11-9-16)29(27,28)23(6-2)7-3/h8-13,15H,5-7,14H2,1-4H3,(H,21,26)/t15-/m0/s1. The van der Waals surface area contributed by atoms with E-state index in [1.807, 2.05) is 6.92 Å². The van der Waals surface area contributed by atoms with E-state index in [0.717, 1.165) is 12.0 Å². The third-order valence-corrected chi connectivity index (χ3v) is 6.67. The first-order chi connectivity index (χ1) is 13.7. The lowest BCUT2D eigenvalue weighted by atomic mass is 10.1. The molecule has 1 N–H and O–H groups in total. The number of carbonyl (C=O) groups excluding carboxylic acids is 1. The van der Waals surface area contributed by atoms with Gasteiger partial charge < -0.3 is 5.32 Å². The van der Waals surface area contributed by atoms with Gasteiger partial charge in [-0.15, -0.1) is 0 Å². The summed E-state index contributed by atoms with van der Waals surface area (Å²) < 4.78 is 27.8. The van der Waals surface area contributed by atoms with E-state index >= 15 is 0 Å². The van der Waals surface area contributed by atoms with Crippen molar-refractivity contribution in [3.63, 3.8) is 0 Å². The molecule has 1 atom stereocenters. The van der Waals surface area contributed by atoms with E-state index in [0.29, 0.717) is 19.6 Å². The van der Waals surface area contributed by atoms with Gasteiger partial charge in [0.15, 0.2) is 0 Å². The van der Waals surface area contributed by atoms with Crippen molar-refractivity contribution < 1.29 is 13.2 Å². The third-order valence-electron chi connectivity index (χ3n) is 4.61. The van der Waals surface area contributed by atoms with E-state index in [1.165, 1.54) is 21.1 Å². The molecule has 0 saturated heterocycles. The van der Waals surface area contributed by atoms with Gasteiger partial charge in [-0.1, -0.05) is 32.9 Å². The fraction of sp³-hybridized carbons (Fsp3) is 0.450. The van der Waals surface area contributed by atoms with E-state index in [9.17, 15) is 18.0 Å². The summed E-state index contributed by atoms with van der Waals surface area (Å²) in [5.41, 5.74) is 0.672. The minimum atomic E-state index is -3.52. The van der Waals surface area contributed by atoms with Crippen molar-refractivity contribution in [1.29, 1.82) is 0 Å². The van der Waals surface area contributed by atoms with Crippen LogP contribution in [-0.2, 0) is 16.6 Å². The first-order valence-corrected chi connectivity index (χ1v) is 11.2. The number of carbonyl (C=O) groups is 1. The van der Waals surface area contributed by atoms with Gasteiger partial charge in [0.1, 0.15) is 5.69 Å². The molecule has 1 aromatic carbocycles. The molecule has 9 heteroatoms. The summed E-state index contributed by atoms with van der Waals surface area (Å²) in [6.45, 7) is 8.56. The van der Waals surface area contributed by atoms with Crippen LogP contribution in [-0.4, -0.2) is 41.5 Å². The Bertz CT molecular complexity index is 996. The van der Waals surface area contributed by atoms with Crippen molar-refractivity contribution in [2.45, 2.75) is 51.6 Å². The van der Waals surface area contributed by atoms with Crippen molar-refractivity contribution in [2.24, 2.45) is 0 Å². The number of hydrogen-bond donors (Lipinski definition) is 1. The Hall–Kier alpha value is -2.52. The van der Waals surface area contributed by atoms with Crippen molar-refractivity contribution in [1.82, 2.24) is 19.4 Å². The SMILES string of the molecule is CCCn1nc(C(=O)N[C@@H](C)c2ccc(S(=O)(=O)N(CC)CC)cc2)ccc1=O. The largest absolute Gasteiger partial charge is 0.344 e. The molecule has 0 spiro atoms. The molecule has 0 fully saturated rings. The number of aryl methyl sites for hydroxylation is 1. The average Bonchev–Trinajstić information content (AvgIpc) is 2.70. The van der Waals surface area contributed by atoms with Crippen LogP contribution in [0.2, 0.25) is 0 Å². The molecule has 158 valence electrons. The fourth-order valence-electron chi connectivity index (χ4n) is 2.94. The van der Waals surface area contributed by atoms with Crippen LogP contribution in [0.15, 0.2) is 46.1 Å². The second-order valence-corrected chi connectivity index (χ2v) is 8.57. The fourth-order valence-corrected chi connectivity index (χ4v) is 4.40. The molecule has 0 saturated carbocycles. The summed E-state index contributed by atoms with van der Waals surface area (Å²) in [5, 5.41) is 6.93. The highest BCUT2D eigenvalue weighted by molar-refractivity contribution is 7.89. The lowest BCUT2D eigenvalue weighted by molar-refractivity contribution is 0.0932. The van der Waals surface area contributed by atoms with Gasteiger partial charge in [-0.3, -0.25) is 9.59 Å². The molecule has 8 nitrogen and oxygen atoms in total. The van der Waals surface area contributed by atoms with Crippen LogP contribution in [0, 0.1) is 0 Å². The first kappa shape index (κ1) is 22.8. The maximum absolute atomic E-state index is 12.6. The number of rotatable bonds is 9. The number of sulfonamides is 1. The van der Waals surface area contributed by atoms with Gasteiger partial charge in [-0.05, 0) is 37.1 Å². The molecule has 0 aliphatic rings. The van der Waals surface area contributed by atoms with E-state index in [-0.39, 0.29) is 22.2 Å². The predicted molar refractivity (Wildman–Crippen MR) is 111 cm³/mol. The topological polar surface area (TPSA) is 101 Å². The molecule has 0 bridgehead atoms. The van der Waals surface area contributed by atoms with E-state index in [2.05, 4.69) is 10.4 Å². The smallest absolute Gasteiger partial charge is 0.272 e. The summed E-state index contributed by atoms with van der Waals surface area (Å²) in [4.78, 5) is 24.5. The molecular formula is C20H28N4O4S. The highest BCUT2D eigenvalue weighted by Gasteiger charge is 2.22. The van der Waals surface area contributed by atoms with Crippen molar-refractivity contribution in [3.05, 3.63) is 58.0 Å². The number of amides is 1. The zero-order chi connectivity index (χ0) is 21.6. The van der Waals surface area contributed by atoms with Gasteiger partial charge in [-0.2, -0.15) is 9.40 Å². The third kappa shape index (κ3) is 5.30. The van der Waals surface area contributed by atoms with Crippen LogP contribution in [0.3, 0.4) is 0 Å². The van der Waals surface area contributed by atoms with Crippen LogP contribution < -0.4 is 10.9 Å². The maximum atomic E-state index is 12.6. The zero-order valence-corrected chi connectivity index (χ0v) is 18.1. The van der Waals surface area contributed by atoms with Gasteiger partial charge in [0.05, 0.1) is 10.9 Å². The Morgan fingerprint density at radius 3 is 2.28 bits per heavy atom. The van der Waals surface area contributed by atoms with E-state index in [4.69, 9.17) is 0 Å². The lowest BCUT2D eigenvalue weighted by Crippen LogP contribution is -2.31. The van der Waals surface area contributed by atoms with E-state index < -0.39 is 15.9 Å². The molecule has 2 aromatic rings. The summed E-state index contributed by atoms with van der Waals surface area (Å²) in [6, 6.07) is 8.84. The van der Waals surface area contributed by atoms with Crippen LogP contribution in [0.25, 0.3) is 0 Å². The van der Waals surface area contributed by atoms with Crippen LogP contribution in [0.5, 0.6) is 0 Å². The zero-order valence-electron chi connectivity index (χ0n) is 17.3. The highest BCUT2D eigenvalue weighted by Crippen LogP contribution is 2.19. The molecular weight excluding hydrogens is 392 g/mol. The van der Waals surface area contributed by atoms with Crippen LogP contribution >= 0.6 is 0 Å². The molecule has 29 heavy (non-hydrogen) atoms. The number of hydrogen-bond acceptors (Lipinski definition) is 5. The summed E-state index contributed by atoms with van der Waals surface area (Å²) >= 11 is 0. The first-order valence-electron chi connectivity index (χ1n) is 9.73. The van der Waals surface area contributed by atoms with Crippen LogP contribution in [0.1, 0.15) is 56.2 Å². The number of nitrogens with one attached hydrogen (secondary N) is 1. The lowest BCUT2D eigenvalue weighted by Gasteiger charge is -2.19. The molecule has 0 aliphatic heterocycles. The normalized spacial score (nSPS) is 12.7. The summed E-state index contributed by atoms with van der Waals surface area (Å²) in [6.07, 6.45) is 0.733. The van der Waals surface area contributed by atoms with Gasteiger partial charge in [0, 0.05) is 25.7 Å². The Morgan fingerprint density at radius 1 is 1.10 bits per heavy atom. The highest BCUT2D eigenvalue weighted by atomic mass is 32.2. The van der Waals surface area contributed by atoms with Crippen molar-refractivity contribution in [2.75, 3.05) is 13.1 Å². The summed E-state index contributed by atoms with van der Waals surface area (Å²) in [7, 11) is -3.52. The molecule has 1 aromatic heterocycles. The Balaban J connectivity index is 2.15. The van der Waals surface area contributed by atoms with Crippen molar-refractivity contribution >= 4 is 15.9 Å². The molecule has 0 aliphatic carbocycles. The predicted octanol–water partition coefficient (Wildman–Crippen LogP) is 2.17. The van der Waals surface area contributed by atoms with Crippen LogP contribution in [0.4, 0.5) is 0 Å². The average molecular weight is 421 g/mol. The quantitative estimate of drug-likeness (QED) is 0.670. The minimum absolute atomic E-state index is 0.158. The molecule has 1 amide bonds. The summed E-state index contributed by atoms with van der Waals surface area (Å²) in [5.74, 6) is -0.401. The second kappa shape index (κ2) is 9.80. The molecule has 0 radical (unpaired) electrons. The Labute approximate surface area is 171 Å². The number of benzene rings is 1. The number of nitrogens with zero attached hydrogens (tertiary/aromatic N) is 3. The second-order valence-electron chi connectivity index (χ2n) is 6.63. The Kier molecular flexibility index (Phi) is 7.69. The van der Waals surface area contributed by atoms with E-state index in [1.54, 1.807) is 45.0 Å². The molecule has 0 unspecified atom stereocenters. The van der Waals surface area contributed by atoms with Gasteiger partial charge in [0.2, 0.25) is 10.0 Å². The van der Waals surface area contributed by atoms with Crippen molar-refractivity contribution in [3.8, 4) is 0 Å².